The van der Waals surface area contributed by atoms with Gasteiger partial charge in [-0.2, -0.15) is 5.92 Å². The number of ether oxygens (including phenoxy) is 3. The summed E-state index contributed by atoms with van der Waals surface area (Å²) in [7, 11) is 3.02. The Balaban J connectivity index is 0.0000174. The Hall–Kier alpha value is -3.10. The van der Waals surface area contributed by atoms with Crippen LogP contribution in [0.25, 0.3) is 5.73 Å². The number of esters is 1. The SMILES string of the molecule is CC[C@H](C)[C@H](CCC(=O)C[CH-]C(C)C)NC(=O)[C@@H](NC(=O)OC(C)(C)C)[C@@H](C)OC(=O)[C@H](Cc1ccc(OC)cc1)N(C)C(=O)[C@@H]1CCCN1C(=O)[C@@H]([NH-])CC(C)C.[Y]. The van der Waals surface area contributed by atoms with E-state index in [0.29, 0.717) is 56.4 Å². The van der Waals surface area contributed by atoms with E-state index in [4.69, 9.17) is 19.9 Å². The number of carbonyl (C=O) groups excluding carboxylic acids is 6. The van der Waals surface area contributed by atoms with Crippen LogP contribution in [0.4, 0.5) is 4.79 Å². The maximum absolute atomic E-state index is 14.3. The molecule has 1 heterocycles. The molecule has 59 heavy (non-hydrogen) atoms. The van der Waals surface area contributed by atoms with Crippen molar-refractivity contribution in [2.75, 3.05) is 20.7 Å². The number of hydrogen-bond acceptors (Lipinski definition) is 9. The fourth-order valence-electron chi connectivity index (χ4n) is 6.81. The summed E-state index contributed by atoms with van der Waals surface area (Å²) in [5.74, 6) is -1.31. The second-order valence-electron chi connectivity index (χ2n) is 17.4. The van der Waals surface area contributed by atoms with E-state index in [1.807, 2.05) is 48.0 Å². The quantitative estimate of drug-likeness (QED) is 0.0972. The van der Waals surface area contributed by atoms with Gasteiger partial charge in [0.25, 0.3) is 0 Å². The first kappa shape index (κ1) is 53.9. The summed E-state index contributed by atoms with van der Waals surface area (Å²) in [5.41, 5.74) is 8.25. The number of likely N-dealkylation sites (N-methyl/N-ethyl adjacent to an activating group) is 1. The van der Waals surface area contributed by atoms with E-state index in [9.17, 15) is 28.8 Å². The van der Waals surface area contributed by atoms with Gasteiger partial charge < -0.3 is 51.6 Å². The molecule has 3 N–H and O–H groups in total. The molecule has 1 aromatic rings. The van der Waals surface area contributed by atoms with Crippen molar-refractivity contribution in [1.29, 1.82) is 0 Å². The van der Waals surface area contributed by atoms with Crippen LogP contribution in [0.5, 0.6) is 5.75 Å². The van der Waals surface area contributed by atoms with Gasteiger partial charge >= 0.3 is 12.1 Å². The first-order valence-corrected chi connectivity index (χ1v) is 20.8. The molecule has 1 saturated heterocycles. The number of benzene rings is 1. The minimum Gasteiger partial charge on any atom is -0.667 e. The molecule has 1 aliphatic heterocycles. The van der Waals surface area contributed by atoms with Crippen LogP contribution in [0.2, 0.25) is 0 Å². The maximum Gasteiger partial charge on any atom is 0.408 e. The monoisotopic (exact) mass is 902 g/mol. The Labute approximate surface area is 378 Å². The number of nitrogens with one attached hydrogen (secondary N) is 3. The number of nitrogens with zero attached hydrogens (tertiary/aromatic N) is 2. The van der Waals surface area contributed by atoms with E-state index in [-0.39, 0.29) is 69.1 Å². The molecule has 331 valence electrons. The Morgan fingerprint density at radius 3 is 2.17 bits per heavy atom. The van der Waals surface area contributed by atoms with E-state index in [0.717, 1.165) is 0 Å². The first-order chi connectivity index (χ1) is 27.1. The molecule has 0 bridgehead atoms. The molecule has 7 atom stereocenters. The normalized spacial score (nSPS) is 17.1. The fourth-order valence-corrected chi connectivity index (χ4v) is 6.81. The average Bonchev–Trinajstić information content (AvgIpc) is 3.64. The fraction of sp³-hybridized carbons (Fsp3) is 0.705. The zero-order chi connectivity index (χ0) is 43.9. The van der Waals surface area contributed by atoms with Crippen molar-refractivity contribution in [1.82, 2.24) is 20.4 Å². The van der Waals surface area contributed by atoms with Crippen LogP contribution < -0.4 is 15.4 Å². The molecule has 0 unspecified atom stereocenters. The van der Waals surface area contributed by atoms with Gasteiger partial charge in [-0.15, -0.1) is 6.42 Å². The van der Waals surface area contributed by atoms with Crippen molar-refractivity contribution < 1.29 is 75.7 Å². The van der Waals surface area contributed by atoms with Crippen LogP contribution in [0.1, 0.15) is 120 Å². The van der Waals surface area contributed by atoms with Gasteiger partial charge in [-0.05, 0) is 76.5 Å². The molecule has 2 rings (SSSR count). The second-order valence-corrected chi connectivity index (χ2v) is 17.4. The number of amides is 4. The van der Waals surface area contributed by atoms with Gasteiger partial charge in [0, 0.05) is 65.2 Å². The van der Waals surface area contributed by atoms with Crippen molar-refractivity contribution in [3.63, 3.8) is 0 Å². The molecule has 1 fully saturated rings. The maximum atomic E-state index is 14.3. The molecule has 0 saturated carbocycles. The van der Waals surface area contributed by atoms with Crippen molar-refractivity contribution in [3.8, 4) is 5.75 Å². The molecule has 4 amide bonds. The number of ketones is 1. The Morgan fingerprint density at radius 1 is 1.00 bits per heavy atom. The van der Waals surface area contributed by atoms with Crippen LogP contribution in [0.15, 0.2) is 24.3 Å². The van der Waals surface area contributed by atoms with Gasteiger partial charge in [-0.3, -0.25) is 14.4 Å². The van der Waals surface area contributed by atoms with Gasteiger partial charge in [0.05, 0.1) is 7.11 Å². The molecule has 15 heteroatoms. The molecule has 14 nitrogen and oxygen atoms in total. The number of hydrogen-bond donors (Lipinski definition) is 2. The van der Waals surface area contributed by atoms with Gasteiger partial charge in [0.1, 0.15) is 41.4 Å². The number of likely N-dealkylation sites (tertiary alicyclic amines) is 1. The Morgan fingerprint density at radius 2 is 1.63 bits per heavy atom. The predicted molar refractivity (Wildman–Crippen MR) is 224 cm³/mol. The van der Waals surface area contributed by atoms with E-state index in [2.05, 4.69) is 10.6 Å². The van der Waals surface area contributed by atoms with Gasteiger partial charge in [-0.25, -0.2) is 9.59 Å². The van der Waals surface area contributed by atoms with Gasteiger partial charge in [0.2, 0.25) is 17.7 Å². The molecule has 0 aliphatic carbocycles. The Bertz CT molecular complexity index is 1520. The molecular weight excluding hydrogens is 831 g/mol. The summed E-state index contributed by atoms with van der Waals surface area (Å²) in [6, 6.07) is 2.11. The zero-order valence-corrected chi connectivity index (χ0v) is 40.4. The first-order valence-electron chi connectivity index (χ1n) is 20.8. The number of alkyl carbamates (subject to hydrolysis) is 1. The molecule has 1 aromatic carbocycles. The van der Waals surface area contributed by atoms with Crippen LogP contribution in [0.3, 0.4) is 0 Å². The molecule has 0 spiro atoms. The van der Waals surface area contributed by atoms with E-state index in [1.54, 1.807) is 45.0 Å². The average molecular weight is 903 g/mol. The third-order valence-electron chi connectivity index (χ3n) is 10.4. The smallest absolute Gasteiger partial charge is 0.408 e. The molecule has 1 radical (unpaired) electrons. The largest absolute Gasteiger partial charge is 0.667 e. The number of carbonyl (C=O) groups is 6. The van der Waals surface area contributed by atoms with E-state index in [1.165, 1.54) is 30.9 Å². The van der Waals surface area contributed by atoms with Crippen molar-refractivity contribution in [3.05, 3.63) is 42.0 Å². The van der Waals surface area contributed by atoms with Crippen LogP contribution >= 0.6 is 0 Å². The molecule has 1 aliphatic rings. The molecule has 0 aromatic heterocycles. The van der Waals surface area contributed by atoms with Gasteiger partial charge in [-0.1, -0.05) is 72.6 Å². The summed E-state index contributed by atoms with van der Waals surface area (Å²) in [5, 5.41) is 5.61. The summed E-state index contributed by atoms with van der Waals surface area (Å²) in [6.45, 7) is 18.7. The van der Waals surface area contributed by atoms with Crippen LogP contribution in [-0.2, 0) is 72.6 Å². The van der Waals surface area contributed by atoms with Crippen molar-refractivity contribution in [2.45, 2.75) is 163 Å². The van der Waals surface area contributed by atoms with Crippen LogP contribution in [0, 0.1) is 24.2 Å². The summed E-state index contributed by atoms with van der Waals surface area (Å²) >= 11 is 0. The van der Waals surface area contributed by atoms with Gasteiger partial charge in [0.15, 0.2) is 0 Å². The van der Waals surface area contributed by atoms with E-state index >= 15 is 0 Å². The van der Waals surface area contributed by atoms with Crippen molar-refractivity contribution in [2.24, 2.45) is 17.8 Å². The summed E-state index contributed by atoms with van der Waals surface area (Å²) in [4.78, 5) is 84.6. The number of methoxy groups -OCH3 is 1. The standard InChI is InChI=1S/C44H71N5O9.Y/c1-13-29(6)35(23-20-32(50)19-16-27(2)3)46-39(51)38(47-43(55)58-44(8,9)10)30(7)57-42(54)37(26-31-17-21-33(56-12)22-18-31)48(11)41(53)36-15-14-24-49(36)40(52)34(45)25-28(4)5;/h16-18,21-22,27-30,34-38,45H,13-15,19-20,23-26H2,1-12H3,(H,46,51)(H,47,55);/q-2;/t29-,30+,34-,35-,36-,37-,38-;/m0./s1. The molecular formula is C44H71N5O9Y-2. The topological polar surface area (TPSA) is 184 Å². The zero-order valence-electron chi connectivity index (χ0n) is 37.6. The minimum absolute atomic E-state index is 0. The summed E-state index contributed by atoms with van der Waals surface area (Å²) in [6.07, 6.45) is 2.84. The summed E-state index contributed by atoms with van der Waals surface area (Å²) < 4.78 is 16.8. The van der Waals surface area contributed by atoms with Crippen LogP contribution in [-0.4, -0.2) is 108 Å². The van der Waals surface area contributed by atoms with Crippen molar-refractivity contribution >= 4 is 35.6 Å². The minimum atomic E-state index is -1.41. The van der Waals surface area contributed by atoms with E-state index < -0.39 is 71.7 Å². The second kappa shape index (κ2) is 25.6. The number of rotatable bonds is 22. The number of Topliss-reactive ketones (excluding diaryl/α,β-unsaturated/α-hetero) is 1. The third kappa shape index (κ3) is 18.2. The third-order valence-corrected chi connectivity index (χ3v) is 10.4. The predicted octanol–water partition coefficient (Wildman–Crippen LogP) is 6.48. The Kier molecular flexibility index (Phi) is 23.4.